The number of ether oxygens (including phenoxy) is 1. The Labute approximate surface area is 149 Å². The van der Waals surface area contributed by atoms with Crippen molar-refractivity contribution in [3.05, 3.63) is 53.6 Å². The van der Waals surface area contributed by atoms with Crippen molar-refractivity contribution in [2.45, 2.75) is 17.5 Å². The fourth-order valence-electron chi connectivity index (χ4n) is 2.13. The van der Waals surface area contributed by atoms with Gasteiger partial charge in [0.25, 0.3) is 0 Å². The lowest BCUT2D eigenvalue weighted by Gasteiger charge is -2.09. The number of methoxy groups -OCH3 is 1. The van der Waals surface area contributed by atoms with Crippen LogP contribution in [0, 0.1) is 0 Å². The molecule has 0 saturated carbocycles. The maximum atomic E-state index is 5.82. The monoisotopic (exact) mass is 361 g/mol. The highest BCUT2D eigenvalue weighted by atomic mass is 35.5. The molecule has 3 aromatic rings. The molecule has 0 atom stereocenters. The zero-order valence-electron chi connectivity index (χ0n) is 13.1. The Morgan fingerprint density at radius 1 is 1.17 bits per heavy atom. The lowest BCUT2D eigenvalue weighted by Crippen LogP contribution is -2.07. The molecule has 0 N–H and O–H groups in total. The molecule has 0 fully saturated rings. The minimum Gasteiger partial charge on any atom is -0.383 e. The van der Waals surface area contributed by atoms with E-state index < -0.39 is 0 Å². The van der Waals surface area contributed by atoms with Crippen LogP contribution in [0.1, 0.15) is 5.56 Å². The van der Waals surface area contributed by atoms with Crippen molar-refractivity contribution in [1.82, 2.24) is 24.7 Å². The highest BCUT2D eigenvalue weighted by molar-refractivity contribution is 7.98. The Bertz CT molecular complexity index is 779. The molecular formula is C16H16ClN5OS. The summed E-state index contributed by atoms with van der Waals surface area (Å²) in [6, 6.07) is 7.59. The Hall–Kier alpha value is -1.96. The number of hydrogen-bond donors (Lipinski definition) is 0. The molecule has 0 amide bonds. The van der Waals surface area contributed by atoms with Gasteiger partial charge in [-0.1, -0.05) is 29.4 Å². The van der Waals surface area contributed by atoms with Gasteiger partial charge < -0.3 is 4.74 Å². The quantitative estimate of drug-likeness (QED) is 0.475. The van der Waals surface area contributed by atoms with E-state index in [-0.39, 0.29) is 0 Å². The second kappa shape index (κ2) is 8.23. The van der Waals surface area contributed by atoms with E-state index in [0.717, 1.165) is 27.9 Å². The average molecular weight is 362 g/mol. The molecule has 0 unspecified atom stereocenters. The fraction of sp³-hybridized carbons (Fsp3) is 0.250. The van der Waals surface area contributed by atoms with Gasteiger partial charge in [-0.3, -0.25) is 9.55 Å². The van der Waals surface area contributed by atoms with Crippen LogP contribution in [0.25, 0.3) is 11.4 Å². The fourth-order valence-corrected chi connectivity index (χ4v) is 3.14. The molecule has 24 heavy (non-hydrogen) atoms. The summed E-state index contributed by atoms with van der Waals surface area (Å²) in [5.41, 5.74) is 2.06. The van der Waals surface area contributed by atoms with E-state index in [4.69, 9.17) is 16.3 Å². The van der Waals surface area contributed by atoms with E-state index in [2.05, 4.69) is 24.7 Å². The van der Waals surface area contributed by atoms with Crippen molar-refractivity contribution < 1.29 is 4.74 Å². The van der Waals surface area contributed by atoms with Crippen LogP contribution in [-0.4, -0.2) is 38.4 Å². The highest BCUT2D eigenvalue weighted by Crippen LogP contribution is 2.26. The van der Waals surface area contributed by atoms with Gasteiger partial charge in [0.1, 0.15) is 5.15 Å². The zero-order chi connectivity index (χ0) is 16.8. The summed E-state index contributed by atoms with van der Waals surface area (Å²) in [4.78, 5) is 8.15. The summed E-state index contributed by atoms with van der Waals surface area (Å²) < 4.78 is 7.28. The molecule has 0 aliphatic heterocycles. The number of thioether (sulfide) groups is 1. The van der Waals surface area contributed by atoms with Crippen LogP contribution in [0.5, 0.6) is 0 Å². The number of nitrogens with zero attached hydrogens (tertiary/aromatic N) is 5. The first-order chi connectivity index (χ1) is 11.8. The number of rotatable bonds is 7. The third-order valence-electron chi connectivity index (χ3n) is 3.33. The van der Waals surface area contributed by atoms with Gasteiger partial charge in [0.2, 0.25) is 0 Å². The topological polar surface area (TPSA) is 65.7 Å². The first-order valence-electron chi connectivity index (χ1n) is 7.33. The second-order valence-corrected chi connectivity index (χ2v) is 6.29. The molecule has 3 heterocycles. The van der Waals surface area contributed by atoms with E-state index in [1.807, 2.05) is 18.2 Å². The molecule has 0 saturated heterocycles. The lowest BCUT2D eigenvalue weighted by atomic mass is 10.2. The number of pyridine rings is 2. The minimum atomic E-state index is 0.493. The SMILES string of the molecule is COCCn1c(SCc2ccc(Cl)nc2)nnc1-c1ccncc1. The van der Waals surface area contributed by atoms with Crippen LogP contribution in [0.2, 0.25) is 5.15 Å². The van der Waals surface area contributed by atoms with Crippen LogP contribution in [0.4, 0.5) is 0 Å². The Morgan fingerprint density at radius 2 is 2.00 bits per heavy atom. The first-order valence-corrected chi connectivity index (χ1v) is 8.70. The molecule has 0 aliphatic rings. The Kier molecular flexibility index (Phi) is 5.79. The maximum absolute atomic E-state index is 5.82. The van der Waals surface area contributed by atoms with E-state index >= 15 is 0 Å². The molecule has 8 heteroatoms. The van der Waals surface area contributed by atoms with E-state index in [9.17, 15) is 0 Å². The summed E-state index contributed by atoms with van der Waals surface area (Å²) in [5, 5.41) is 10.0. The largest absolute Gasteiger partial charge is 0.383 e. The molecular weight excluding hydrogens is 346 g/mol. The van der Waals surface area contributed by atoms with Crippen LogP contribution in [0.3, 0.4) is 0 Å². The van der Waals surface area contributed by atoms with E-state index in [1.165, 1.54) is 0 Å². The Balaban J connectivity index is 1.81. The number of hydrogen-bond acceptors (Lipinski definition) is 6. The maximum Gasteiger partial charge on any atom is 0.191 e. The van der Waals surface area contributed by atoms with Gasteiger partial charge in [0.05, 0.1) is 13.2 Å². The molecule has 0 radical (unpaired) electrons. The van der Waals surface area contributed by atoms with Gasteiger partial charge in [0, 0.05) is 37.0 Å². The molecule has 3 rings (SSSR count). The lowest BCUT2D eigenvalue weighted by molar-refractivity contribution is 0.185. The van der Waals surface area contributed by atoms with Crippen molar-refractivity contribution in [3.8, 4) is 11.4 Å². The van der Waals surface area contributed by atoms with Crippen molar-refractivity contribution in [1.29, 1.82) is 0 Å². The minimum absolute atomic E-state index is 0.493. The van der Waals surface area contributed by atoms with Gasteiger partial charge in [0.15, 0.2) is 11.0 Å². The zero-order valence-corrected chi connectivity index (χ0v) is 14.7. The van der Waals surface area contributed by atoms with Crippen molar-refractivity contribution in [2.75, 3.05) is 13.7 Å². The standard InChI is InChI=1S/C16H16ClN5OS/c1-23-9-8-22-15(13-4-6-18-7-5-13)20-21-16(22)24-11-12-2-3-14(17)19-10-12/h2-7,10H,8-9,11H2,1H3. The molecule has 124 valence electrons. The normalized spacial score (nSPS) is 10.9. The third-order valence-corrected chi connectivity index (χ3v) is 4.59. The molecule has 0 spiro atoms. The van der Waals surface area contributed by atoms with Crippen molar-refractivity contribution in [2.24, 2.45) is 0 Å². The predicted molar refractivity (Wildman–Crippen MR) is 93.9 cm³/mol. The summed E-state index contributed by atoms with van der Waals surface area (Å²) in [6.45, 7) is 1.27. The average Bonchev–Trinajstić information content (AvgIpc) is 3.03. The molecule has 6 nitrogen and oxygen atoms in total. The van der Waals surface area contributed by atoms with Crippen LogP contribution in [0.15, 0.2) is 48.0 Å². The molecule has 0 aliphatic carbocycles. The first kappa shape index (κ1) is 16.9. The van der Waals surface area contributed by atoms with Gasteiger partial charge in [-0.15, -0.1) is 10.2 Å². The summed E-state index contributed by atoms with van der Waals surface area (Å²) in [7, 11) is 1.68. The smallest absolute Gasteiger partial charge is 0.191 e. The van der Waals surface area contributed by atoms with Crippen LogP contribution >= 0.6 is 23.4 Å². The van der Waals surface area contributed by atoms with Gasteiger partial charge in [-0.05, 0) is 23.8 Å². The predicted octanol–water partition coefficient (Wildman–Crippen LogP) is 3.33. The van der Waals surface area contributed by atoms with Crippen molar-refractivity contribution in [3.63, 3.8) is 0 Å². The van der Waals surface area contributed by atoms with Gasteiger partial charge >= 0.3 is 0 Å². The number of halogens is 1. The molecule has 3 aromatic heterocycles. The highest BCUT2D eigenvalue weighted by Gasteiger charge is 2.14. The van der Waals surface area contributed by atoms with Crippen LogP contribution in [-0.2, 0) is 17.0 Å². The van der Waals surface area contributed by atoms with Crippen LogP contribution < -0.4 is 0 Å². The summed E-state index contributed by atoms with van der Waals surface area (Å²) in [6.07, 6.45) is 5.27. The van der Waals surface area contributed by atoms with Crippen molar-refractivity contribution >= 4 is 23.4 Å². The van der Waals surface area contributed by atoms with Gasteiger partial charge in [-0.25, -0.2) is 4.98 Å². The summed E-state index contributed by atoms with van der Waals surface area (Å²) >= 11 is 7.43. The molecule has 0 aromatic carbocycles. The van der Waals surface area contributed by atoms with E-state index in [1.54, 1.807) is 43.5 Å². The third kappa shape index (κ3) is 4.11. The number of aromatic nitrogens is 5. The second-order valence-electron chi connectivity index (χ2n) is 4.96. The van der Waals surface area contributed by atoms with Gasteiger partial charge in [-0.2, -0.15) is 0 Å². The molecule has 0 bridgehead atoms. The summed E-state index contributed by atoms with van der Waals surface area (Å²) in [5.74, 6) is 1.55. The Morgan fingerprint density at radius 3 is 2.71 bits per heavy atom. The van der Waals surface area contributed by atoms with E-state index in [0.29, 0.717) is 18.3 Å².